The fourth-order valence-corrected chi connectivity index (χ4v) is 3.87. The summed E-state index contributed by atoms with van der Waals surface area (Å²) in [7, 11) is 0. The molecule has 0 atom stereocenters. The molecular weight excluding hydrogens is 292 g/mol. The maximum Gasteiger partial charge on any atom is 0.311 e. The molecule has 0 unspecified atom stereocenters. The van der Waals surface area contributed by atoms with Crippen molar-refractivity contribution in [2.24, 2.45) is 0 Å². The Bertz CT molecular complexity index is 798. The maximum absolute atomic E-state index is 11.7. The first kappa shape index (κ1) is 13.0. The molecule has 0 fully saturated rings. The largest absolute Gasteiger partial charge is 0.481 e. The number of hydrogen-bond donors (Lipinski definition) is 1. The number of Topliss-reactive ketones (excluding diaryl/α,β-unsaturated/α-hetero) is 1. The molecule has 0 saturated carbocycles. The number of aliphatic carboxylic acids is 1. The molecule has 2 heterocycles. The number of thiophene rings is 2. The Morgan fingerprint density at radius 3 is 2.70 bits per heavy atom. The SMILES string of the molecule is O=C(O)CC(=O)c1cc(-c2csc3ccccc23)cs1. The Kier molecular flexibility index (Phi) is 3.38. The van der Waals surface area contributed by atoms with Gasteiger partial charge in [0.25, 0.3) is 0 Å². The maximum atomic E-state index is 11.7. The second kappa shape index (κ2) is 5.19. The Labute approximate surface area is 123 Å². The second-order valence-corrected chi connectivity index (χ2v) is 6.16. The van der Waals surface area contributed by atoms with E-state index in [0.717, 1.165) is 16.5 Å². The Balaban J connectivity index is 1.98. The molecule has 3 rings (SSSR count). The van der Waals surface area contributed by atoms with Crippen LogP contribution in [0.1, 0.15) is 16.1 Å². The molecule has 1 aromatic carbocycles. The van der Waals surface area contributed by atoms with Gasteiger partial charge in [-0.2, -0.15) is 0 Å². The number of rotatable bonds is 4. The van der Waals surface area contributed by atoms with Crippen LogP contribution in [-0.4, -0.2) is 16.9 Å². The van der Waals surface area contributed by atoms with Crippen molar-refractivity contribution < 1.29 is 14.7 Å². The standard InChI is InChI=1S/C15H10O3S2/c16-12(6-15(17)18)14-5-9(7-19-14)11-8-20-13-4-2-1-3-10(11)13/h1-5,7-8H,6H2,(H,17,18). The minimum atomic E-state index is -1.09. The summed E-state index contributed by atoms with van der Waals surface area (Å²) < 4.78 is 1.20. The number of benzene rings is 1. The summed E-state index contributed by atoms with van der Waals surface area (Å²) in [5.74, 6) is -1.43. The fraction of sp³-hybridized carbons (Fsp3) is 0.0667. The van der Waals surface area contributed by atoms with E-state index in [0.29, 0.717) is 4.88 Å². The first-order valence-electron chi connectivity index (χ1n) is 5.95. The Morgan fingerprint density at radius 2 is 1.90 bits per heavy atom. The third-order valence-corrected chi connectivity index (χ3v) is 4.91. The third kappa shape index (κ3) is 2.37. The lowest BCUT2D eigenvalue weighted by Crippen LogP contribution is -2.04. The van der Waals surface area contributed by atoms with E-state index in [9.17, 15) is 9.59 Å². The molecule has 0 aliphatic rings. The monoisotopic (exact) mass is 302 g/mol. The predicted octanol–water partition coefficient (Wildman–Crippen LogP) is 4.29. The van der Waals surface area contributed by atoms with Crippen LogP contribution in [0.15, 0.2) is 41.1 Å². The number of hydrogen-bond acceptors (Lipinski definition) is 4. The molecule has 0 spiro atoms. The van der Waals surface area contributed by atoms with Gasteiger partial charge >= 0.3 is 5.97 Å². The van der Waals surface area contributed by atoms with E-state index in [1.807, 2.05) is 17.5 Å². The lowest BCUT2D eigenvalue weighted by molar-refractivity contribution is -0.135. The zero-order chi connectivity index (χ0) is 14.1. The fourth-order valence-electron chi connectivity index (χ4n) is 2.05. The highest BCUT2D eigenvalue weighted by Crippen LogP contribution is 2.36. The Morgan fingerprint density at radius 1 is 1.10 bits per heavy atom. The van der Waals surface area contributed by atoms with Crippen molar-refractivity contribution >= 4 is 44.5 Å². The zero-order valence-electron chi connectivity index (χ0n) is 10.3. The first-order valence-corrected chi connectivity index (χ1v) is 7.71. The van der Waals surface area contributed by atoms with Crippen LogP contribution in [0, 0.1) is 0 Å². The second-order valence-electron chi connectivity index (χ2n) is 4.34. The van der Waals surface area contributed by atoms with Crippen molar-refractivity contribution in [2.75, 3.05) is 0 Å². The van der Waals surface area contributed by atoms with Crippen LogP contribution in [-0.2, 0) is 4.79 Å². The lowest BCUT2D eigenvalue weighted by Gasteiger charge is -1.95. The molecule has 0 bridgehead atoms. The molecule has 100 valence electrons. The quantitative estimate of drug-likeness (QED) is 0.578. The van der Waals surface area contributed by atoms with Crippen LogP contribution in [0.4, 0.5) is 0 Å². The van der Waals surface area contributed by atoms with Gasteiger partial charge in [-0.05, 0) is 28.5 Å². The van der Waals surface area contributed by atoms with Gasteiger partial charge in [0.05, 0.1) is 4.88 Å². The average Bonchev–Trinajstić information content (AvgIpc) is 3.04. The highest BCUT2D eigenvalue weighted by atomic mass is 32.1. The predicted molar refractivity (Wildman–Crippen MR) is 81.7 cm³/mol. The van der Waals surface area contributed by atoms with Crippen LogP contribution in [0.25, 0.3) is 21.2 Å². The minimum absolute atomic E-state index is 0.340. The number of carboxylic acids is 1. The highest BCUT2D eigenvalue weighted by Gasteiger charge is 2.15. The molecule has 0 radical (unpaired) electrons. The summed E-state index contributed by atoms with van der Waals surface area (Å²) in [6.07, 6.45) is -0.454. The molecule has 2 aromatic heterocycles. The van der Waals surface area contributed by atoms with E-state index in [4.69, 9.17) is 5.11 Å². The summed E-state index contributed by atoms with van der Waals surface area (Å²) in [6, 6.07) is 9.88. The van der Waals surface area contributed by atoms with E-state index in [1.165, 1.54) is 16.0 Å². The zero-order valence-corrected chi connectivity index (χ0v) is 12.0. The average molecular weight is 302 g/mol. The van der Waals surface area contributed by atoms with Gasteiger partial charge in [0.1, 0.15) is 6.42 Å². The first-order chi connectivity index (χ1) is 9.65. The number of carboxylic acid groups (broad SMARTS) is 1. The summed E-state index contributed by atoms with van der Waals surface area (Å²) in [6.45, 7) is 0. The van der Waals surface area contributed by atoms with Gasteiger partial charge < -0.3 is 5.11 Å². The van der Waals surface area contributed by atoms with Crippen LogP contribution < -0.4 is 0 Å². The summed E-state index contributed by atoms with van der Waals surface area (Å²) in [4.78, 5) is 22.8. The summed E-state index contributed by atoms with van der Waals surface area (Å²) in [5, 5.41) is 13.8. The van der Waals surface area contributed by atoms with E-state index < -0.39 is 12.4 Å². The molecule has 0 saturated heterocycles. The van der Waals surface area contributed by atoms with Crippen LogP contribution in [0.3, 0.4) is 0 Å². The summed E-state index contributed by atoms with van der Waals surface area (Å²) >= 11 is 2.96. The van der Waals surface area contributed by atoms with Crippen LogP contribution in [0.5, 0.6) is 0 Å². The smallest absolute Gasteiger partial charge is 0.311 e. The van der Waals surface area contributed by atoms with E-state index in [1.54, 1.807) is 17.4 Å². The van der Waals surface area contributed by atoms with Gasteiger partial charge in [-0.1, -0.05) is 18.2 Å². The van der Waals surface area contributed by atoms with E-state index in [-0.39, 0.29) is 5.78 Å². The van der Waals surface area contributed by atoms with Crippen molar-refractivity contribution in [3.8, 4) is 11.1 Å². The van der Waals surface area contributed by atoms with Gasteiger partial charge in [0, 0.05) is 15.6 Å². The van der Waals surface area contributed by atoms with Gasteiger partial charge in [-0.3, -0.25) is 9.59 Å². The van der Waals surface area contributed by atoms with Crippen LogP contribution in [0.2, 0.25) is 0 Å². The van der Waals surface area contributed by atoms with Crippen molar-refractivity contribution in [1.29, 1.82) is 0 Å². The molecule has 20 heavy (non-hydrogen) atoms. The summed E-state index contributed by atoms with van der Waals surface area (Å²) in [5.41, 5.74) is 2.07. The van der Waals surface area contributed by atoms with Gasteiger partial charge in [-0.15, -0.1) is 22.7 Å². The normalized spacial score (nSPS) is 10.8. The van der Waals surface area contributed by atoms with E-state index >= 15 is 0 Å². The van der Waals surface area contributed by atoms with Crippen LogP contribution >= 0.6 is 22.7 Å². The molecule has 3 aromatic rings. The molecular formula is C15H10O3S2. The number of carbonyl (C=O) groups is 2. The molecule has 5 heteroatoms. The molecule has 1 N–H and O–H groups in total. The molecule has 0 amide bonds. The number of fused-ring (bicyclic) bond motifs is 1. The van der Waals surface area contributed by atoms with Crippen molar-refractivity contribution in [3.63, 3.8) is 0 Å². The highest BCUT2D eigenvalue weighted by molar-refractivity contribution is 7.18. The third-order valence-electron chi connectivity index (χ3n) is 2.98. The van der Waals surface area contributed by atoms with Gasteiger partial charge in [-0.25, -0.2) is 0 Å². The Hall–Kier alpha value is -1.98. The van der Waals surface area contributed by atoms with E-state index in [2.05, 4.69) is 17.5 Å². The molecule has 3 nitrogen and oxygen atoms in total. The topological polar surface area (TPSA) is 54.4 Å². The number of carbonyl (C=O) groups excluding carboxylic acids is 1. The van der Waals surface area contributed by atoms with Crippen molar-refractivity contribution in [2.45, 2.75) is 6.42 Å². The van der Waals surface area contributed by atoms with Gasteiger partial charge in [0.15, 0.2) is 5.78 Å². The molecule has 0 aliphatic heterocycles. The minimum Gasteiger partial charge on any atom is -0.481 e. The van der Waals surface area contributed by atoms with Crippen molar-refractivity contribution in [1.82, 2.24) is 0 Å². The lowest BCUT2D eigenvalue weighted by atomic mass is 10.1. The van der Waals surface area contributed by atoms with Gasteiger partial charge in [0.2, 0.25) is 0 Å². The van der Waals surface area contributed by atoms with Crippen molar-refractivity contribution in [3.05, 3.63) is 46.0 Å². The molecule has 0 aliphatic carbocycles. The number of ketones is 1.